The Kier molecular flexibility index (Phi) is 5.39. The largest absolute Gasteiger partial charge is 0.381 e. The molecule has 0 radical (unpaired) electrons. The van der Waals surface area contributed by atoms with Crippen LogP contribution in [0.5, 0.6) is 0 Å². The van der Waals surface area contributed by atoms with Crippen molar-refractivity contribution in [1.29, 1.82) is 0 Å². The van der Waals surface area contributed by atoms with Crippen molar-refractivity contribution in [1.82, 2.24) is 9.88 Å². The van der Waals surface area contributed by atoms with Gasteiger partial charge in [-0.2, -0.15) is 12.6 Å². The van der Waals surface area contributed by atoms with Gasteiger partial charge in [-0.1, -0.05) is 6.07 Å². The molecule has 0 spiro atoms. The number of hydrogen-bond donors (Lipinski definition) is 1. The number of rotatable bonds is 5. The quantitative estimate of drug-likeness (QED) is 0.846. The summed E-state index contributed by atoms with van der Waals surface area (Å²) in [5.41, 5.74) is 3.62. The average molecular weight is 322 g/mol. The standard InChI is InChI=1S/C17H26N2O2S/c1-12(22)16-4-3-15(13-6-8-21-11-13)17(18-16)10-19-7-5-14(9-19)20-2/h3-4,12-14,22H,5-11H2,1-2H3. The molecule has 122 valence electrons. The van der Waals surface area contributed by atoms with Crippen molar-refractivity contribution >= 4 is 12.6 Å². The number of pyridine rings is 1. The summed E-state index contributed by atoms with van der Waals surface area (Å²) >= 11 is 4.54. The Morgan fingerprint density at radius 3 is 2.95 bits per heavy atom. The van der Waals surface area contributed by atoms with Gasteiger partial charge in [-0.05, 0) is 31.4 Å². The number of thiol groups is 1. The van der Waals surface area contributed by atoms with E-state index in [9.17, 15) is 0 Å². The minimum absolute atomic E-state index is 0.165. The van der Waals surface area contributed by atoms with Crippen molar-refractivity contribution in [3.05, 3.63) is 29.1 Å². The number of nitrogens with zero attached hydrogens (tertiary/aromatic N) is 2. The molecule has 0 saturated carbocycles. The molecule has 3 heterocycles. The first-order valence-corrected chi connectivity index (χ1v) is 8.69. The molecule has 0 aromatic carbocycles. The lowest BCUT2D eigenvalue weighted by Crippen LogP contribution is -2.24. The van der Waals surface area contributed by atoms with Gasteiger partial charge >= 0.3 is 0 Å². The highest BCUT2D eigenvalue weighted by Crippen LogP contribution is 2.30. The van der Waals surface area contributed by atoms with E-state index < -0.39 is 0 Å². The van der Waals surface area contributed by atoms with E-state index in [0.29, 0.717) is 12.0 Å². The molecule has 1 aromatic heterocycles. The zero-order chi connectivity index (χ0) is 15.5. The predicted molar refractivity (Wildman–Crippen MR) is 90.5 cm³/mol. The zero-order valence-electron chi connectivity index (χ0n) is 13.5. The molecule has 0 N–H and O–H groups in total. The second-order valence-electron chi connectivity index (χ2n) is 6.39. The van der Waals surface area contributed by atoms with E-state index in [-0.39, 0.29) is 5.25 Å². The van der Waals surface area contributed by atoms with Gasteiger partial charge in [0.15, 0.2) is 0 Å². The van der Waals surface area contributed by atoms with E-state index in [1.807, 2.05) is 0 Å². The molecule has 2 saturated heterocycles. The van der Waals surface area contributed by atoms with Gasteiger partial charge < -0.3 is 9.47 Å². The van der Waals surface area contributed by atoms with E-state index in [1.54, 1.807) is 7.11 Å². The van der Waals surface area contributed by atoms with Crippen LogP contribution in [0.3, 0.4) is 0 Å². The lowest BCUT2D eigenvalue weighted by Gasteiger charge is -2.21. The van der Waals surface area contributed by atoms with Crippen molar-refractivity contribution in [2.24, 2.45) is 0 Å². The summed E-state index contributed by atoms with van der Waals surface area (Å²) in [5, 5.41) is 0.165. The number of ether oxygens (including phenoxy) is 2. The predicted octanol–water partition coefficient (Wildman–Crippen LogP) is 2.80. The molecule has 3 rings (SSSR count). The lowest BCUT2D eigenvalue weighted by atomic mass is 9.96. The Morgan fingerprint density at radius 2 is 2.32 bits per heavy atom. The third-order valence-electron chi connectivity index (χ3n) is 4.76. The SMILES string of the molecule is COC1CCN(Cc2nc(C(C)S)ccc2C2CCOC2)C1. The van der Waals surface area contributed by atoms with Crippen molar-refractivity contribution in [3.8, 4) is 0 Å². The Hall–Kier alpha value is -0.620. The smallest absolute Gasteiger partial charge is 0.0710 e. The summed E-state index contributed by atoms with van der Waals surface area (Å²) in [4.78, 5) is 7.36. The maximum atomic E-state index is 5.57. The highest BCUT2D eigenvalue weighted by molar-refractivity contribution is 7.80. The third kappa shape index (κ3) is 3.65. The van der Waals surface area contributed by atoms with Gasteiger partial charge in [0.25, 0.3) is 0 Å². The number of methoxy groups -OCH3 is 1. The van der Waals surface area contributed by atoms with Crippen LogP contribution in [-0.4, -0.2) is 49.4 Å². The van der Waals surface area contributed by atoms with Gasteiger partial charge in [0.2, 0.25) is 0 Å². The minimum atomic E-state index is 0.165. The molecule has 5 heteroatoms. The van der Waals surface area contributed by atoms with Crippen molar-refractivity contribution in [2.75, 3.05) is 33.4 Å². The van der Waals surface area contributed by atoms with Crippen molar-refractivity contribution < 1.29 is 9.47 Å². The second-order valence-corrected chi connectivity index (χ2v) is 7.16. The minimum Gasteiger partial charge on any atom is -0.381 e. The fourth-order valence-electron chi connectivity index (χ4n) is 3.38. The first kappa shape index (κ1) is 16.2. The highest BCUT2D eigenvalue weighted by atomic mass is 32.1. The monoisotopic (exact) mass is 322 g/mol. The van der Waals surface area contributed by atoms with Gasteiger partial charge in [0.1, 0.15) is 0 Å². The van der Waals surface area contributed by atoms with Crippen LogP contribution in [0.15, 0.2) is 12.1 Å². The molecule has 0 aliphatic carbocycles. The molecule has 1 aromatic rings. The third-order valence-corrected chi connectivity index (χ3v) is 5.03. The van der Waals surface area contributed by atoms with Gasteiger partial charge in [0, 0.05) is 44.5 Å². The first-order valence-electron chi connectivity index (χ1n) is 8.18. The number of hydrogen-bond acceptors (Lipinski definition) is 5. The topological polar surface area (TPSA) is 34.6 Å². The number of likely N-dealkylation sites (tertiary alicyclic amines) is 1. The molecular formula is C17H26N2O2S. The summed E-state index contributed by atoms with van der Waals surface area (Å²) in [5.74, 6) is 0.493. The Morgan fingerprint density at radius 1 is 1.45 bits per heavy atom. The average Bonchev–Trinajstić information content (AvgIpc) is 3.18. The van der Waals surface area contributed by atoms with Crippen LogP contribution in [0.25, 0.3) is 0 Å². The lowest BCUT2D eigenvalue weighted by molar-refractivity contribution is 0.107. The van der Waals surface area contributed by atoms with E-state index in [1.165, 1.54) is 11.3 Å². The molecule has 22 heavy (non-hydrogen) atoms. The number of aromatic nitrogens is 1. The fourth-order valence-corrected chi connectivity index (χ4v) is 3.53. The molecule has 3 unspecified atom stereocenters. The van der Waals surface area contributed by atoms with Crippen LogP contribution < -0.4 is 0 Å². The van der Waals surface area contributed by atoms with E-state index in [0.717, 1.165) is 51.4 Å². The van der Waals surface area contributed by atoms with E-state index in [2.05, 4.69) is 36.6 Å². The van der Waals surface area contributed by atoms with Gasteiger partial charge in [0.05, 0.1) is 24.1 Å². The summed E-state index contributed by atoms with van der Waals surface area (Å²) in [6.07, 6.45) is 2.58. The maximum Gasteiger partial charge on any atom is 0.0710 e. The fraction of sp³-hybridized carbons (Fsp3) is 0.706. The molecule has 0 amide bonds. The summed E-state index contributed by atoms with van der Waals surface area (Å²) in [6, 6.07) is 4.37. The maximum absolute atomic E-state index is 5.57. The van der Waals surface area contributed by atoms with Gasteiger partial charge in [-0.3, -0.25) is 9.88 Å². The normalized spacial score (nSPS) is 27.4. The molecule has 3 atom stereocenters. The van der Waals surface area contributed by atoms with Crippen molar-refractivity contribution in [3.63, 3.8) is 0 Å². The molecule has 2 aliphatic rings. The molecule has 4 nitrogen and oxygen atoms in total. The summed E-state index contributed by atoms with van der Waals surface area (Å²) in [7, 11) is 1.80. The van der Waals surface area contributed by atoms with Gasteiger partial charge in [-0.25, -0.2) is 0 Å². The Labute approximate surface area is 138 Å². The van der Waals surface area contributed by atoms with E-state index >= 15 is 0 Å². The second kappa shape index (κ2) is 7.30. The van der Waals surface area contributed by atoms with Crippen molar-refractivity contribution in [2.45, 2.75) is 43.6 Å². The molecule has 0 bridgehead atoms. The highest BCUT2D eigenvalue weighted by Gasteiger charge is 2.26. The van der Waals surface area contributed by atoms with E-state index in [4.69, 9.17) is 14.5 Å². The zero-order valence-corrected chi connectivity index (χ0v) is 14.4. The summed E-state index contributed by atoms with van der Waals surface area (Å²) < 4.78 is 11.0. The first-order chi connectivity index (χ1) is 10.7. The molecular weight excluding hydrogens is 296 g/mol. The van der Waals surface area contributed by atoms with Crippen LogP contribution in [-0.2, 0) is 16.0 Å². The van der Waals surface area contributed by atoms with Crippen LogP contribution in [0.1, 0.15) is 47.9 Å². The Bertz CT molecular complexity index is 503. The van der Waals surface area contributed by atoms with Gasteiger partial charge in [-0.15, -0.1) is 0 Å². The molecule has 2 aliphatic heterocycles. The molecule has 2 fully saturated rings. The van der Waals surface area contributed by atoms with Crippen LogP contribution in [0.2, 0.25) is 0 Å². The summed E-state index contributed by atoms with van der Waals surface area (Å²) in [6.45, 7) is 6.75. The Balaban J connectivity index is 1.80. The van der Waals surface area contributed by atoms with Crippen LogP contribution in [0, 0.1) is 0 Å². The van der Waals surface area contributed by atoms with Crippen LogP contribution in [0.4, 0.5) is 0 Å². The van der Waals surface area contributed by atoms with Crippen LogP contribution >= 0.6 is 12.6 Å².